The normalized spacial score (nSPS) is 11.3. The third-order valence-corrected chi connectivity index (χ3v) is 4.02. The highest BCUT2D eigenvalue weighted by Crippen LogP contribution is 2.32. The van der Waals surface area contributed by atoms with Gasteiger partial charge in [0.25, 0.3) is 0 Å². The Morgan fingerprint density at radius 1 is 1.04 bits per heavy atom. The second-order valence-electron chi connectivity index (χ2n) is 5.48. The summed E-state index contributed by atoms with van der Waals surface area (Å²) in [5.41, 5.74) is -0.0817. The topological polar surface area (TPSA) is 75.1 Å². The fourth-order valence-electron chi connectivity index (χ4n) is 2.27. The maximum Gasteiger partial charge on any atom is 0.433 e. The number of halogens is 4. The van der Waals surface area contributed by atoms with E-state index in [0.717, 1.165) is 6.07 Å². The maximum absolute atomic E-state index is 13.2. The number of alkyl halides is 3. The molecule has 0 unspecified atom stereocenters. The van der Waals surface area contributed by atoms with Crippen molar-refractivity contribution in [1.29, 1.82) is 0 Å². The van der Waals surface area contributed by atoms with Crippen LogP contribution in [0.5, 0.6) is 0 Å². The number of nitrogens with one attached hydrogen (secondary N) is 1. The highest BCUT2D eigenvalue weighted by atomic mass is 79.9. The second kappa shape index (κ2) is 7.36. The smallest absolute Gasteiger partial charge is 0.433 e. The molecular formula is C18H11BrF3N3O2. The number of carboxylic acid groups (broad SMARTS) is 1. The van der Waals surface area contributed by atoms with E-state index >= 15 is 0 Å². The molecule has 138 valence electrons. The summed E-state index contributed by atoms with van der Waals surface area (Å²) in [5, 5.41) is 11.6. The first-order valence-corrected chi connectivity index (χ1v) is 8.34. The van der Waals surface area contributed by atoms with Crippen LogP contribution in [-0.2, 0) is 6.18 Å². The Morgan fingerprint density at radius 2 is 1.74 bits per heavy atom. The fraction of sp³-hybridized carbons (Fsp3) is 0.0556. The molecule has 0 aliphatic rings. The Morgan fingerprint density at radius 3 is 2.33 bits per heavy atom. The molecule has 1 heterocycles. The fourth-order valence-corrected chi connectivity index (χ4v) is 2.67. The molecule has 0 spiro atoms. The lowest BCUT2D eigenvalue weighted by molar-refractivity contribution is -0.141. The van der Waals surface area contributed by atoms with Gasteiger partial charge in [0.1, 0.15) is 0 Å². The number of benzene rings is 2. The molecule has 3 rings (SSSR count). The van der Waals surface area contributed by atoms with Gasteiger partial charge in [-0.3, -0.25) is 0 Å². The average Bonchev–Trinajstić information content (AvgIpc) is 2.61. The standard InChI is InChI=1S/C18H11BrF3N3O2/c19-12-3-1-2-11(8-12)14-9-15(18(20,21)22)25-17(24-14)23-13-6-4-10(5-7-13)16(26)27/h1-9H,(H,26,27)(H,23,24,25). The summed E-state index contributed by atoms with van der Waals surface area (Å²) in [7, 11) is 0. The van der Waals surface area contributed by atoms with Crippen LogP contribution >= 0.6 is 15.9 Å². The summed E-state index contributed by atoms with van der Waals surface area (Å²) in [4.78, 5) is 18.6. The monoisotopic (exact) mass is 437 g/mol. The Hall–Kier alpha value is -2.94. The predicted molar refractivity (Wildman–Crippen MR) is 96.9 cm³/mol. The van der Waals surface area contributed by atoms with Crippen molar-refractivity contribution in [2.75, 3.05) is 5.32 Å². The minimum atomic E-state index is -4.65. The van der Waals surface area contributed by atoms with Crippen LogP contribution < -0.4 is 5.32 Å². The summed E-state index contributed by atoms with van der Waals surface area (Å²) < 4.78 is 40.4. The zero-order valence-corrected chi connectivity index (χ0v) is 15.0. The molecule has 0 saturated carbocycles. The van der Waals surface area contributed by atoms with Crippen LogP contribution in [0.3, 0.4) is 0 Å². The Labute approximate surface area is 160 Å². The Balaban J connectivity index is 2.01. The molecule has 2 aromatic carbocycles. The van der Waals surface area contributed by atoms with Crippen molar-refractivity contribution in [1.82, 2.24) is 9.97 Å². The summed E-state index contributed by atoms with van der Waals surface area (Å²) in [5.74, 6) is -1.35. The molecule has 0 bridgehead atoms. The molecule has 27 heavy (non-hydrogen) atoms. The number of hydrogen-bond donors (Lipinski definition) is 2. The zero-order valence-electron chi connectivity index (χ0n) is 13.5. The van der Waals surface area contributed by atoms with Crippen LogP contribution in [0, 0.1) is 0 Å². The van der Waals surface area contributed by atoms with E-state index in [2.05, 4.69) is 31.2 Å². The van der Waals surface area contributed by atoms with Crippen molar-refractivity contribution in [2.45, 2.75) is 6.18 Å². The minimum absolute atomic E-state index is 0.0559. The van der Waals surface area contributed by atoms with Crippen molar-refractivity contribution in [3.05, 3.63) is 70.3 Å². The van der Waals surface area contributed by atoms with Crippen LogP contribution in [0.2, 0.25) is 0 Å². The van der Waals surface area contributed by atoms with Crippen LogP contribution in [-0.4, -0.2) is 21.0 Å². The number of anilines is 2. The summed E-state index contributed by atoms with van der Waals surface area (Å²) in [6.07, 6.45) is -4.65. The number of hydrogen-bond acceptors (Lipinski definition) is 4. The summed E-state index contributed by atoms with van der Waals surface area (Å²) >= 11 is 3.28. The van der Waals surface area contributed by atoms with Crippen molar-refractivity contribution >= 4 is 33.5 Å². The lowest BCUT2D eigenvalue weighted by atomic mass is 10.1. The van der Waals surface area contributed by atoms with E-state index in [4.69, 9.17) is 5.11 Å². The quantitative estimate of drug-likeness (QED) is 0.573. The van der Waals surface area contributed by atoms with E-state index in [1.807, 2.05) is 0 Å². The van der Waals surface area contributed by atoms with Crippen LogP contribution in [0.1, 0.15) is 16.1 Å². The van der Waals surface area contributed by atoms with Crippen molar-refractivity contribution < 1.29 is 23.1 Å². The van der Waals surface area contributed by atoms with Gasteiger partial charge in [0.2, 0.25) is 5.95 Å². The molecule has 0 atom stereocenters. The summed E-state index contributed by atoms with van der Waals surface area (Å²) in [6.45, 7) is 0. The minimum Gasteiger partial charge on any atom is -0.478 e. The van der Waals surface area contributed by atoms with E-state index in [1.165, 1.54) is 24.3 Å². The number of aromatic nitrogens is 2. The van der Waals surface area contributed by atoms with Gasteiger partial charge in [-0.2, -0.15) is 13.2 Å². The SMILES string of the molecule is O=C(O)c1ccc(Nc2nc(-c3cccc(Br)c3)cc(C(F)(F)F)n2)cc1. The molecule has 0 amide bonds. The highest BCUT2D eigenvalue weighted by Gasteiger charge is 2.33. The first-order chi connectivity index (χ1) is 12.7. The molecule has 3 aromatic rings. The second-order valence-corrected chi connectivity index (χ2v) is 6.39. The lowest BCUT2D eigenvalue weighted by Gasteiger charge is -2.12. The first kappa shape index (κ1) is 18.8. The number of carboxylic acids is 1. The molecule has 0 radical (unpaired) electrons. The Bertz CT molecular complexity index is 992. The number of nitrogens with zero attached hydrogens (tertiary/aromatic N) is 2. The van der Waals surface area contributed by atoms with Gasteiger partial charge >= 0.3 is 12.1 Å². The summed E-state index contributed by atoms with van der Waals surface area (Å²) in [6, 6.07) is 13.1. The van der Waals surface area contributed by atoms with Crippen molar-refractivity contribution in [3.8, 4) is 11.3 Å². The molecule has 0 saturated heterocycles. The van der Waals surface area contributed by atoms with Gasteiger partial charge in [0.15, 0.2) is 5.69 Å². The van der Waals surface area contributed by atoms with Crippen LogP contribution in [0.15, 0.2) is 59.1 Å². The van der Waals surface area contributed by atoms with Crippen LogP contribution in [0.4, 0.5) is 24.8 Å². The van der Waals surface area contributed by atoms with Crippen molar-refractivity contribution in [2.24, 2.45) is 0 Å². The van der Waals surface area contributed by atoms with E-state index < -0.39 is 17.8 Å². The van der Waals surface area contributed by atoms with Gasteiger partial charge in [-0.25, -0.2) is 14.8 Å². The highest BCUT2D eigenvalue weighted by molar-refractivity contribution is 9.10. The first-order valence-electron chi connectivity index (χ1n) is 7.55. The van der Waals surface area contributed by atoms with E-state index in [1.54, 1.807) is 24.3 Å². The van der Waals surface area contributed by atoms with Gasteiger partial charge in [-0.05, 0) is 42.5 Å². The molecule has 5 nitrogen and oxygen atoms in total. The number of aromatic carboxylic acids is 1. The number of rotatable bonds is 4. The third-order valence-electron chi connectivity index (χ3n) is 3.52. The lowest BCUT2D eigenvalue weighted by Crippen LogP contribution is -2.11. The van der Waals surface area contributed by atoms with Gasteiger partial charge in [-0.15, -0.1) is 0 Å². The molecular weight excluding hydrogens is 427 g/mol. The maximum atomic E-state index is 13.2. The third kappa shape index (κ3) is 4.62. The van der Waals surface area contributed by atoms with Gasteiger partial charge in [0, 0.05) is 15.7 Å². The van der Waals surface area contributed by atoms with E-state index in [0.29, 0.717) is 15.7 Å². The zero-order chi connectivity index (χ0) is 19.6. The van der Waals surface area contributed by atoms with E-state index in [-0.39, 0.29) is 17.2 Å². The number of carbonyl (C=O) groups is 1. The molecule has 9 heteroatoms. The molecule has 1 aromatic heterocycles. The molecule has 0 fully saturated rings. The van der Waals surface area contributed by atoms with Gasteiger partial charge in [0.05, 0.1) is 11.3 Å². The average molecular weight is 438 g/mol. The Kier molecular flexibility index (Phi) is 5.13. The molecule has 0 aliphatic heterocycles. The van der Waals surface area contributed by atoms with Gasteiger partial charge < -0.3 is 10.4 Å². The van der Waals surface area contributed by atoms with Crippen LogP contribution in [0.25, 0.3) is 11.3 Å². The van der Waals surface area contributed by atoms with Crippen molar-refractivity contribution in [3.63, 3.8) is 0 Å². The molecule has 2 N–H and O–H groups in total. The largest absolute Gasteiger partial charge is 0.478 e. The van der Waals surface area contributed by atoms with E-state index in [9.17, 15) is 18.0 Å². The van der Waals surface area contributed by atoms with Gasteiger partial charge in [-0.1, -0.05) is 28.1 Å². The predicted octanol–water partition coefficient (Wildman–Crippen LogP) is 5.37. The molecule has 0 aliphatic carbocycles.